The Morgan fingerprint density at radius 3 is 2.71 bits per heavy atom. The Kier molecular flexibility index (Phi) is 4.06. The van der Waals surface area contributed by atoms with E-state index < -0.39 is 16.1 Å². The molecule has 0 aliphatic carbocycles. The number of carbonyl (C=O) groups excluding carboxylic acids is 2. The molecule has 0 spiro atoms. The van der Waals surface area contributed by atoms with Crippen LogP contribution in [0.2, 0.25) is 0 Å². The molecule has 0 saturated carbocycles. The summed E-state index contributed by atoms with van der Waals surface area (Å²) in [6, 6.07) is 0.691. The van der Waals surface area contributed by atoms with Crippen molar-refractivity contribution in [3.63, 3.8) is 0 Å². The Bertz CT molecular complexity index is 679. The summed E-state index contributed by atoms with van der Waals surface area (Å²) < 4.78 is 24.1. The van der Waals surface area contributed by atoms with Gasteiger partial charge in [-0.1, -0.05) is 6.92 Å². The molecule has 1 fully saturated rings. The molecule has 116 valence electrons. The van der Waals surface area contributed by atoms with E-state index in [0.29, 0.717) is 19.5 Å². The summed E-state index contributed by atoms with van der Waals surface area (Å²) in [5.74, 6) is -0.577. The molecule has 1 aliphatic heterocycles. The van der Waals surface area contributed by atoms with E-state index in [1.165, 1.54) is 21.7 Å². The van der Waals surface area contributed by atoms with Crippen LogP contribution in [0.15, 0.2) is 17.2 Å². The largest absolute Gasteiger partial charge is 0.353 e. The van der Waals surface area contributed by atoms with Crippen molar-refractivity contribution in [2.45, 2.75) is 24.3 Å². The molecule has 1 saturated heterocycles. The molecule has 0 bridgehead atoms. The minimum atomic E-state index is -3.87. The minimum absolute atomic E-state index is 0.122. The lowest BCUT2D eigenvalue weighted by molar-refractivity contribution is -0.127. The number of aryl methyl sites for hydroxylation is 1. The summed E-state index contributed by atoms with van der Waals surface area (Å²) in [6.07, 6.45) is 1.78. The molecule has 1 atom stereocenters. The number of carbonyl (C=O) groups is 2. The second-order valence-corrected chi connectivity index (χ2v) is 6.49. The van der Waals surface area contributed by atoms with Gasteiger partial charge >= 0.3 is 0 Å². The summed E-state index contributed by atoms with van der Waals surface area (Å²) in [7, 11) is -2.31. The first-order valence-corrected chi connectivity index (χ1v) is 8.08. The van der Waals surface area contributed by atoms with Crippen LogP contribution in [0.3, 0.4) is 0 Å². The molecule has 0 aromatic carbocycles. The SMILES string of the molecule is CCC1C(=O)NCCN1C(=O)c1cc(S(N)(=O)=O)cn1C. The number of nitrogens with one attached hydrogen (secondary N) is 1. The van der Waals surface area contributed by atoms with Crippen molar-refractivity contribution >= 4 is 21.8 Å². The average molecular weight is 314 g/mol. The summed E-state index contributed by atoms with van der Waals surface area (Å²) >= 11 is 0. The third-order valence-corrected chi connectivity index (χ3v) is 4.39. The normalized spacial score (nSPS) is 19.5. The zero-order valence-corrected chi connectivity index (χ0v) is 12.7. The lowest BCUT2D eigenvalue weighted by Crippen LogP contribution is -2.57. The minimum Gasteiger partial charge on any atom is -0.353 e. The third-order valence-electron chi connectivity index (χ3n) is 3.51. The highest BCUT2D eigenvalue weighted by atomic mass is 32.2. The Morgan fingerprint density at radius 1 is 1.52 bits per heavy atom. The van der Waals surface area contributed by atoms with Crippen LogP contribution >= 0.6 is 0 Å². The summed E-state index contributed by atoms with van der Waals surface area (Å²) in [5.41, 5.74) is 0.187. The molecule has 8 nitrogen and oxygen atoms in total. The molecule has 1 aromatic heterocycles. The van der Waals surface area contributed by atoms with Gasteiger partial charge in [-0.25, -0.2) is 13.6 Å². The van der Waals surface area contributed by atoms with Gasteiger partial charge in [0.25, 0.3) is 5.91 Å². The van der Waals surface area contributed by atoms with Crippen LogP contribution < -0.4 is 10.5 Å². The van der Waals surface area contributed by atoms with Crippen molar-refractivity contribution in [1.82, 2.24) is 14.8 Å². The van der Waals surface area contributed by atoms with Gasteiger partial charge in [0.05, 0.1) is 0 Å². The van der Waals surface area contributed by atoms with Crippen LogP contribution in [0, 0.1) is 0 Å². The second kappa shape index (κ2) is 5.49. The smallest absolute Gasteiger partial charge is 0.271 e. The van der Waals surface area contributed by atoms with Crippen LogP contribution in [0.25, 0.3) is 0 Å². The lowest BCUT2D eigenvalue weighted by atomic mass is 10.1. The topological polar surface area (TPSA) is 114 Å². The maximum atomic E-state index is 12.6. The van der Waals surface area contributed by atoms with E-state index in [4.69, 9.17) is 5.14 Å². The molecule has 1 aliphatic rings. The second-order valence-electron chi connectivity index (χ2n) is 4.93. The van der Waals surface area contributed by atoms with Crippen molar-refractivity contribution in [3.8, 4) is 0 Å². The summed E-state index contributed by atoms with van der Waals surface area (Å²) in [5, 5.41) is 7.77. The number of primary sulfonamides is 1. The van der Waals surface area contributed by atoms with Crippen LogP contribution in [-0.2, 0) is 21.9 Å². The fraction of sp³-hybridized carbons (Fsp3) is 0.500. The number of nitrogens with zero attached hydrogens (tertiary/aromatic N) is 2. The standard InChI is InChI=1S/C12H18N4O4S/c1-3-9-11(17)14-4-5-16(9)12(18)10-6-8(7-15(10)2)21(13,19)20/h6-7,9H,3-5H2,1-2H3,(H,14,17)(H2,13,19,20). The quantitative estimate of drug-likeness (QED) is 0.746. The average Bonchev–Trinajstić information content (AvgIpc) is 2.79. The van der Waals surface area contributed by atoms with Crippen molar-refractivity contribution < 1.29 is 18.0 Å². The monoisotopic (exact) mass is 314 g/mol. The zero-order valence-electron chi connectivity index (χ0n) is 11.9. The van der Waals surface area contributed by atoms with E-state index in [9.17, 15) is 18.0 Å². The van der Waals surface area contributed by atoms with Gasteiger partial charge in [-0.05, 0) is 12.5 Å². The fourth-order valence-corrected chi connectivity index (χ4v) is 2.99. The number of sulfonamides is 1. The van der Waals surface area contributed by atoms with Crippen LogP contribution in [-0.4, -0.2) is 48.8 Å². The Balaban J connectivity index is 2.35. The Morgan fingerprint density at radius 2 is 2.19 bits per heavy atom. The number of hydrogen-bond acceptors (Lipinski definition) is 4. The highest BCUT2D eigenvalue weighted by Gasteiger charge is 2.33. The first kappa shape index (κ1) is 15.5. The Hall–Kier alpha value is -1.87. The lowest BCUT2D eigenvalue weighted by Gasteiger charge is -2.34. The molecule has 2 amide bonds. The number of hydrogen-bond donors (Lipinski definition) is 2. The molecule has 0 radical (unpaired) electrons. The highest BCUT2D eigenvalue weighted by molar-refractivity contribution is 7.89. The third kappa shape index (κ3) is 2.93. The van der Waals surface area contributed by atoms with Crippen LogP contribution in [0.1, 0.15) is 23.8 Å². The van der Waals surface area contributed by atoms with Gasteiger partial charge in [0, 0.05) is 26.3 Å². The molecule has 1 unspecified atom stereocenters. The predicted molar refractivity (Wildman–Crippen MR) is 74.9 cm³/mol. The van der Waals surface area contributed by atoms with Crippen molar-refractivity contribution in [3.05, 3.63) is 18.0 Å². The predicted octanol–water partition coefficient (Wildman–Crippen LogP) is -0.977. The highest BCUT2D eigenvalue weighted by Crippen LogP contribution is 2.17. The Labute approximate surface area is 122 Å². The molecule has 1 aromatic rings. The molecular formula is C12H18N4O4S. The first-order valence-electron chi connectivity index (χ1n) is 6.53. The van der Waals surface area contributed by atoms with E-state index in [2.05, 4.69) is 5.32 Å². The van der Waals surface area contributed by atoms with E-state index in [0.717, 1.165) is 0 Å². The van der Waals surface area contributed by atoms with Gasteiger partial charge in [0.1, 0.15) is 16.6 Å². The molecular weight excluding hydrogens is 296 g/mol. The van der Waals surface area contributed by atoms with Crippen molar-refractivity contribution in [2.75, 3.05) is 13.1 Å². The molecule has 21 heavy (non-hydrogen) atoms. The van der Waals surface area contributed by atoms with Crippen molar-refractivity contribution in [1.29, 1.82) is 0 Å². The first-order chi connectivity index (χ1) is 9.75. The zero-order chi connectivity index (χ0) is 15.8. The van der Waals surface area contributed by atoms with Gasteiger partial charge in [0.15, 0.2) is 0 Å². The maximum Gasteiger partial charge on any atom is 0.271 e. The number of rotatable bonds is 3. The van der Waals surface area contributed by atoms with E-state index in [1.54, 1.807) is 7.05 Å². The van der Waals surface area contributed by atoms with Gasteiger partial charge < -0.3 is 14.8 Å². The van der Waals surface area contributed by atoms with Gasteiger partial charge in [0.2, 0.25) is 15.9 Å². The van der Waals surface area contributed by atoms with E-state index in [-0.39, 0.29) is 22.4 Å². The summed E-state index contributed by atoms with van der Waals surface area (Å²) in [6.45, 7) is 2.59. The number of nitrogens with two attached hydrogens (primary N) is 1. The van der Waals surface area contributed by atoms with Gasteiger partial charge in [-0.15, -0.1) is 0 Å². The van der Waals surface area contributed by atoms with Crippen molar-refractivity contribution in [2.24, 2.45) is 12.2 Å². The number of amides is 2. The number of piperazine rings is 1. The molecule has 2 heterocycles. The summed E-state index contributed by atoms with van der Waals surface area (Å²) in [4.78, 5) is 25.7. The van der Waals surface area contributed by atoms with E-state index >= 15 is 0 Å². The molecule has 2 rings (SSSR count). The van der Waals surface area contributed by atoms with Gasteiger partial charge in [-0.3, -0.25) is 9.59 Å². The maximum absolute atomic E-state index is 12.6. The molecule has 3 N–H and O–H groups in total. The van der Waals surface area contributed by atoms with E-state index in [1.807, 2.05) is 6.92 Å². The molecule has 9 heteroatoms. The fourth-order valence-electron chi connectivity index (χ4n) is 2.41. The van der Waals surface area contributed by atoms with Crippen LogP contribution in [0.4, 0.5) is 0 Å². The number of aromatic nitrogens is 1. The van der Waals surface area contributed by atoms with Crippen LogP contribution in [0.5, 0.6) is 0 Å². The van der Waals surface area contributed by atoms with Gasteiger partial charge in [-0.2, -0.15) is 0 Å².